The van der Waals surface area contributed by atoms with Crippen LogP contribution in [0.1, 0.15) is 173 Å². The zero-order chi connectivity index (χ0) is 58.2. The molecule has 81 heavy (non-hydrogen) atoms. The van der Waals surface area contributed by atoms with Crippen LogP contribution in [0.25, 0.3) is 0 Å². The molecule has 0 aliphatic carbocycles. The Bertz CT molecular complexity index is 3410. The number of aliphatic hydroxyl groups is 4. The average Bonchev–Trinajstić information content (AvgIpc) is 3.57. The van der Waals surface area contributed by atoms with E-state index in [0.29, 0.717) is 16.7 Å². The fourth-order valence-corrected chi connectivity index (χ4v) is 13.0. The van der Waals surface area contributed by atoms with Crippen molar-refractivity contribution in [2.45, 2.75) is 127 Å². The van der Waals surface area contributed by atoms with Crippen molar-refractivity contribution in [2.75, 3.05) is 13.2 Å². The molecule has 1 unspecified atom stereocenters. The smallest absolute Gasteiger partial charge is 0.128 e. The van der Waals surface area contributed by atoms with Gasteiger partial charge in [-0.05, 0) is 83.5 Å². The van der Waals surface area contributed by atoms with E-state index < -0.39 is 62.8 Å². The van der Waals surface area contributed by atoms with Crippen LogP contribution in [0.2, 0.25) is 0 Å². The third-order valence-electron chi connectivity index (χ3n) is 19.1. The second-order valence-corrected chi connectivity index (χ2v) is 25.9. The predicted molar refractivity (Wildman–Crippen MR) is 335 cm³/mol. The summed E-state index contributed by atoms with van der Waals surface area (Å²) in [6.07, 6.45) is -1.68. The Kier molecular flexibility index (Phi) is 16.1. The second-order valence-electron chi connectivity index (χ2n) is 25.9. The first-order valence-electron chi connectivity index (χ1n) is 28.8. The summed E-state index contributed by atoms with van der Waals surface area (Å²) < 4.78 is 0. The fraction of sp³-hybridized carbons (Fsp3) is 0.299. The van der Waals surface area contributed by atoms with Gasteiger partial charge in [0.25, 0.3) is 0 Å². The maximum Gasteiger partial charge on any atom is 0.128 e. The molecule has 0 amide bonds. The summed E-state index contributed by atoms with van der Waals surface area (Å²) in [6, 6.07) is 81.4. The van der Waals surface area contributed by atoms with Crippen LogP contribution in [-0.4, -0.2) is 33.6 Å². The normalized spacial score (nSPS) is 13.5. The van der Waals surface area contributed by atoms with E-state index in [1.807, 2.05) is 91.0 Å². The van der Waals surface area contributed by atoms with Crippen LogP contribution in [0.3, 0.4) is 0 Å². The highest BCUT2D eigenvalue weighted by atomic mass is 16.3. The Balaban J connectivity index is 1.44. The Hall–Kier alpha value is -7.18. The maximum absolute atomic E-state index is 15.7. The second kappa shape index (κ2) is 22.3. The first-order chi connectivity index (χ1) is 38.4. The van der Waals surface area contributed by atoms with Gasteiger partial charge >= 0.3 is 0 Å². The molecule has 0 saturated carbocycles. The summed E-state index contributed by atoms with van der Waals surface area (Å²) in [7, 11) is 0. The van der Waals surface area contributed by atoms with Crippen LogP contribution >= 0.6 is 0 Å². The minimum Gasteiger partial charge on any atom is -0.395 e. The van der Waals surface area contributed by atoms with Crippen molar-refractivity contribution in [3.63, 3.8) is 0 Å². The van der Waals surface area contributed by atoms with Crippen LogP contribution in [-0.2, 0) is 38.1 Å². The molecular weight excluding hydrogens is 989 g/mol. The van der Waals surface area contributed by atoms with Crippen LogP contribution in [0.4, 0.5) is 0 Å². The number of hydrogen-bond donors (Lipinski definition) is 4. The van der Waals surface area contributed by atoms with Gasteiger partial charge in [-0.3, -0.25) is 0 Å². The van der Waals surface area contributed by atoms with Gasteiger partial charge in [-0.25, -0.2) is 0 Å². The summed E-state index contributed by atoms with van der Waals surface area (Å²) >= 11 is 0. The molecule has 0 aliphatic heterocycles. The van der Waals surface area contributed by atoms with E-state index >= 15 is 5.11 Å². The molecular formula is C77H84O4. The molecule has 0 heterocycles. The number of aliphatic hydroxyl groups excluding tert-OH is 3. The summed E-state index contributed by atoms with van der Waals surface area (Å²) in [5.74, 6) is 0. The van der Waals surface area contributed by atoms with E-state index in [1.165, 1.54) is 0 Å². The van der Waals surface area contributed by atoms with Gasteiger partial charge in [0.05, 0.1) is 24.7 Å². The van der Waals surface area contributed by atoms with E-state index in [1.54, 1.807) is 0 Å². The summed E-state index contributed by atoms with van der Waals surface area (Å²) in [5.41, 5.74) is 5.05. The van der Waals surface area contributed by atoms with E-state index in [2.05, 4.69) is 229 Å². The van der Waals surface area contributed by atoms with E-state index in [9.17, 15) is 15.3 Å². The molecule has 0 aromatic heterocycles. The number of benzene rings is 9. The number of hydrogen-bond acceptors (Lipinski definition) is 4. The minimum absolute atomic E-state index is 0.460. The minimum atomic E-state index is -2.35. The Morgan fingerprint density at radius 3 is 0.778 bits per heavy atom. The molecule has 0 saturated heterocycles. The molecule has 1 atom stereocenters. The zero-order valence-corrected chi connectivity index (χ0v) is 49.8. The van der Waals surface area contributed by atoms with Gasteiger partial charge in [-0.15, -0.1) is 0 Å². The molecule has 0 spiro atoms. The average molecular weight is 1070 g/mol. The monoisotopic (exact) mass is 1070 g/mol. The van der Waals surface area contributed by atoms with Gasteiger partial charge in [0.1, 0.15) is 5.60 Å². The van der Waals surface area contributed by atoms with Crippen LogP contribution in [0.15, 0.2) is 237 Å². The van der Waals surface area contributed by atoms with Crippen molar-refractivity contribution < 1.29 is 20.4 Å². The van der Waals surface area contributed by atoms with Crippen molar-refractivity contribution in [1.29, 1.82) is 0 Å². The molecule has 4 heteroatoms. The third-order valence-corrected chi connectivity index (χ3v) is 19.1. The van der Waals surface area contributed by atoms with Crippen molar-refractivity contribution in [3.05, 3.63) is 320 Å². The van der Waals surface area contributed by atoms with Crippen molar-refractivity contribution >= 4 is 0 Å². The summed E-state index contributed by atoms with van der Waals surface area (Å²) in [5, 5.41) is 55.8. The molecule has 4 nitrogen and oxygen atoms in total. The van der Waals surface area contributed by atoms with Gasteiger partial charge < -0.3 is 20.4 Å². The quantitative estimate of drug-likeness (QED) is 0.0650. The molecule has 9 rings (SSSR count). The molecule has 0 bridgehead atoms. The van der Waals surface area contributed by atoms with Gasteiger partial charge in [-0.2, -0.15) is 0 Å². The summed E-state index contributed by atoms with van der Waals surface area (Å²) in [4.78, 5) is 0. The lowest BCUT2D eigenvalue weighted by atomic mass is 9.55. The first-order valence-corrected chi connectivity index (χ1v) is 28.8. The van der Waals surface area contributed by atoms with Gasteiger partial charge in [0, 0.05) is 32.5 Å². The highest BCUT2D eigenvalue weighted by Crippen LogP contribution is 2.59. The molecule has 9 aromatic carbocycles. The molecule has 0 aliphatic rings. The molecule has 0 radical (unpaired) electrons. The number of rotatable bonds is 19. The largest absolute Gasteiger partial charge is 0.395 e. The lowest BCUT2D eigenvalue weighted by molar-refractivity contribution is -0.174. The van der Waals surface area contributed by atoms with Gasteiger partial charge in [0.15, 0.2) is 0 Å². The van der Waals surface area contributed by atoms with E-state index in [0.717, 1.165) is 66.8 Å². The van der Waals surface area contributed by atoms with Crippen molar-refractivity contribution in [1.82, 2.24) is 0 Å². The Morgan fingerprint density at radius 1 is 0.272 bits per heavy atom. The highest BCUT2D eigenvalue weighted by Gasteiger charge is 2.60. The van der Waals surface area contributed by atoms with Crippen LogP contribution < -0.4 is 0 Å². The molecule has 416 valence electrons. The Labute approximate surface area is 483 Å². The van der Waals surface area contributed by atoms with Crippen molar-refractivity contribution in [2.24, 2.45) is 5.41 Å². The molecule has 4 N–H and O–H groups in total. The topological polar surface area (TPSA) is 80.9 Å². The maximum atomic E-state index is 15.7. The highest BCUT2D eigenvalue weighted by molar-refractivity contribution is 5.60. The Morgan fingerprint density at radius 2 is 0.506 bits per heavy atom. The molecule has 0 fully saturated rings. The predicted octanol–water partition coefficient (Wildman–Crippen LogP) is 16.6. The zero-order valence-electron chi connectivity index (χ0n) is 49.8. The first kappa shape index (κ1) is 58.5. The van der Waals surface area contributed by atoms with E-state index in [4.69, 9.17) is 0 Å². The standard InChI is InChI=1S/C77H84O4/c1-70(2,54-31-19-13-20-32-54)60-43-46-63(66(49-60)73(7,8)57-37-25-16-26-38-57)69(80)76(52-78,53-79)77(81,64-47-44-61(71(3,4)55-33-21-14-22-34-55)50-67(64)74(9,10)58-39-27-17-28-40-58)65-48-45-62(72(5,6)56-35-23-15-24-36-56)51-68(65)75(11,12)59-41-29-18-30-42-59/h13-51,69,78-81H,52-53H2,1-12H3. The third kappa shape index (κ3) is 10.2. The van der Waals surface area contributed by atoms with Crippen LogP contribution in [0, 0.1) is 5.41 Å². The van der Waals surface area contributed by atoms with Crippen molar-refractivity contribution in [3.8, 4) is 0 Å². The lowest BCUT2D eigenvalue weighted by Gasteiger charge is -2.52. The lowest BCUT2D eigenvalue weighted by Crippen LogP contribution is -2.57. The van der Waals surface area contributed by atoms with Crippen LogP contribution in [0.5, 0.6) is 0 Å². The summed E-state index contributed by atoms with van der Waals surface area (Å²) in [6.45, 7) is 24.8. The molecule has 9 aromatic rings. The van der Waals surface area contributed by atoms with Gasteiger partial charge in [0.2, 0.25) is 0 Å². The van der Waals surface area contributed by atoms with E-state index in [-0.39, 0.29) is 0 Å². The fourth-order valence-electron chi connectivity index (χ4n) is 13.0. The SMILES string of the molecule is CC(C)(c1ccccc1)c1ccc(C(O)C(CO)(CO)C(O)(c2ccc(C(C)(C)c3ccccc3)cc2C(C)(C)c2ccccc2)c2ccc(C(C)(C)c3ccccc3)cc2C(C)(C)c2ccccc2)c(C(C)(C)c2ccccc2)c1. The van der Waals surface area contributed by atoms with Gasteiger partial charge in [-0.1, -0.05) is 320 Å².